The third-order valence-electron chi connectivity index (χ3n) is 6.70. The molecule has 2 heterocycles. The normalized spacial score (nSPS) is 22.7. The lowest BCUT2D eigenvalue weighted by molar-refractivity contribution is -0.132. The zero-order valence-electron chi connectivity index (χ0n) is 18.0. The van der Waals surface area contributed by atoms with Crippen molar-refractivity contribution in [2.75, 3.05) is 6.54 Å². The number of carbonyl (C=O) groups excluding carboxylic acids is 3. The molecule has 0 saturated heterocycles. The van der Waals surface area contributed by atoms with Gasteiger partial charge in [0.05, 0.1) is 0 Å². The highest BCUT2D eigenvalue weighted by Gasteiger charge is 2.41. The van der Waals surface area contributed by atoms with Gasteiger partial charge in [-0.1, -0.05) is 18.9 Å². The topological polar surface area (TPSA) is 105 Å². The van der Waals surface area contributed by atoms with Crippen LogP contribution in [-0.4, -0.2) is 45.2 Å². The first-order chi connectivity index (χ1) is 15.0. The molecule has 2 aromatic heterocycles. The van der Waals surface area contributed by atoms with Crippen LogP contribution in [0.15, 0.2) is 30.6 Å². The quantitative estimate of drug-likeness (QED) is 0.660. The van der Waals surface area contributed by atoms with E-state index in [1.54, 1.807) is 22.9 Å². The Kier molecular flexibility index (Phi) is 6.25. The molecule has 0 aliphatic heterocycles. The van der Waals surface area contributed by atoms with E-state index in [0.717, 1.165) is 44.2 Å². The monoisotopic (exact) mass is 425 g/mol. The fourth-order valence-electron chi connectivity index (χ4n) is 5.03. The van der Waals surface area contributed by atoms with Gasteiger partial charge in [0.2, 0.25) is 11.8 Å². The summed E-state index contributed by atoms with van der Waals surface area (Å²) in [5.41, 5.74) is 0.612. The number of aromatic nitrogens is 2. The molecule has 3 N–H and O–H groups in total. The van der Waals surface area contributed by atoms with E-state index in [2.05, 4.69) is 20.9 Å². The van der Waals surface area contributed by atoms with Crippen molar-refractivity contribution in [1.29, 1.82) is 0 Å². The van der Waals surface area contributed by atoms with Crippen molar-refractivity contribution >= 4 is 23.4 Å². The van der Waals surface area contributed by atoms with Crippen LogP contribution in [0.2, 0.25) is 0 Å². The molecule has 0 bridgehead atoms. The summed E-state index contributed by atoms with van der Waals surface area (Å²) in [5.74, 6) is 0.104. The Morgan fingerprint density at radius 2 is 1.87 bits per heavy atom. The van der Waals surface area contributed by atoms with Gasteiger partial charge in [0, 0.05) is 31.9 Å². The highest BCUT2D eigenvalue weighted by molar-refractivity contribution is 5.93. The number of nitrogens with zero attached hydrogens (tertiary/aromatic N) is 2. The molecule has 2 aliphatic carbocycles. The number of rotatable bonds is 6. The summed E-state index contributed by atoms with van der Waals surface area (Å²) < 4.78 is 1.80. The van der Waals surface area contributed by atoms with Crippen molar-refractivity contribution in [2.45, 2.75) is 69.9 Å². The minimum atomic E-state index is -0.731. The van der Waals surface area contributed by atoms with Crippen LogP contribution in [-0.2, 0) is 9.59 Å². The van der Waals surface area contributed by atoms with Crippen molar-refractivity contribution in [3.05, 3.63) is 36.3 Å². The second kappa shape index (κ2) is 9.08. The number of imidazole rings is 1. The predicted octanol–water partition coefficient (Wildman–Crippen LogP) is 2.19. The molecule has 2 aliphatic rings. The Hall–Kier alpha value is -2.90. The van der Waals surface area contributed by atoms with Crippen LogP contribution in [0.5, 0.6) is 0 Å². The standard InChI is InChI=1S/C23H31N5O3/c1-16(29)27-23(11-2-3-12-23)22(31)25-15-17-7-9-18(10-8-17)26-21(30)19-5-4-6-20-24-13-14-28(19)20/h4-6,13-14,17-18H,2-3,7-12,15H2,1H3,(H,25,31)(H,26,30)(H,27,29). The highest BCUT2D eigenvalue weighted by atomic mass is 16.2. The fourth-order valence-corrected chi connectivity index (χ4v) is 5.03. The van der Waals surface area contributed by atoms with Gasteiger partial charge in [-0.3, -0.25) is 18.8 Å². The lowest BCUT2D eigenvalue weighted by Gasteiger charge is -2.32. The van der Waals surface area contributed by atoms with Crippen LogP contribution in [0, 0.1) is 5.92 Å². The molecular formula is C23H31N5O3. The number of hydrogen-bond donors (Lipinski definition) is 3. The lowest BCUT2D eigenvalue weighted by Crippen LogP contribution is -2.57. The zero-order valence-corrected chi connectivity index (χ0v) is 18.0. The minimum Gasteiger partial charge on any atom is -0.354 e. The smallest absolute Gasteiger partial charge is 0.268 e. The van der Waals surface area contributed by atoms with E-state index in [9.17, 15) is 14.4 Å². The Labute approximate surface area is 182 Å². The van der Waals surface area contributed by atoms with E-state index >= 15 is 0 Å². The summed E-state index contributed by atoms with van der Waals surface area (Å²) >= 11 is 0. The van der Waals surface area contributed by atoms with E-state index in [4.69, 9.17) is 0 Å². The summed E-state index contributed by atoms with van der Waals surface area (Å²) in [6.07, 6.45) is 10.5. The number of amides is 3. The first kappa shape index (κ1) is 21.3. The van der Waals surface area contributed by atoms with Crippen molar-refractivity contribution in [3.63, 3.8) is 0 Å². The minimum absolute atomic E-state index is 0.0518. The first-order valence-electron chi connectivity index (χ1n) is 11.3. The molecule has 2 saturated carbocycles. The molecule has 3 amide bonds. The number of carbonyl (C=O) groups is 3. The average Bonchev–Trinajstić information content (AvgIpc) is 3.42. The molecule has 4 rings (SSSR count). The first-order valence-corrected chi connectivity index (χ1v) is 11.3. The fraction of sp³-hybridized carbons (Fsp3) is 0.565. The molecule has 0 aromatic carbocycles. The zero-order chi connectivity index (χ0) is 21.8. The molecule has 0 unspecified atom stereocenters. The molecular weight excluding hydrogens is 394 g/mol. The molecule has 8 heteroatoms. The Morgan fingerprint density at radius 1 is 1.13 bits per heavy atom. The maximum Gasteiger partial charge on any atom is 0.268 e. The van der Waals surface area contributed by atoms with Gasteiger partial charge in [-0.2, -0.15) is 0 Å². The van der Waals surface area contributed by atoms with Gasteiger partial charge >= 0.3 is 0 Å². The highest BCUT2D eigenvalue weighted by Crippen LogP contribution is 2.30. The molecule has 0 radical (unpaired) electrons. The second-order valence-electron chi connectivity index (χ2n) is 8.94. The number of nitrogens with one attached hydrogen (secondary N) is 3. The van der Waals surface area contributed by atoms with Crippen molar-refractivity contribution in [2.24, 2.45) is 5.92 Å². The van der Waals surface area contributed by atoms with Crippen LogP contribution in [0.4, 0.5) is 0 Å². The molecule has 2 fully saturated rings. The van der Waals surface area contributed by atoms with Crippen LogP contribution in [0.3, 0.4) is 0 Å². The molecule has 2 aromatic rings. The summed E-state index contributed by atoms with van der Waals surface area (Å²) in [5, 5.41) is 9.13. The molecule has 166 valence electrons. The summed E-state index contributed by atoms with van der Waals surface area (Å²) in [4.78, 5) is 41.3. The SMILES string of the molecule is CC(=O)NC1(C(=O)NCC2CCC(NC(=O)c3cccc4nccn34)CC2)CCCC1. The van der Waals surface area contributed by atoms with E-state index < -0.39 is 5.54 Å². The van der Waals surface area contributed by atoms with E-state index in [-0.39, 0.29) is 23.8 Å². The lowest BCUT2D eigenvalue weighted by atomic mass is 9.85. The third-order valence-corrected chi connectivity index (χ3v) is 6.70. The summed E-state index contributed by atoms with van der Waals surface area (Å²) in [6.45, 7) is 2.09. The van der Waals surface area contributed by atoms with E-state index in [1.165, 1.54) is 6.92 Å². The predicted molar refractivity (Wildman–Crippen MR) is 116 cm³/mol. The molecule has 8 nitrogen and oxygen atoms in total. The van der Waals surface area contributed by atoms with Gasteiger partial charge < -0.3 is 16.0 Å². The second-order valence-corrected chi connectivity index (χ2v) is 8.94. The maximum atomic E-state index is 12.8. The molecule has 0 atom stereocenters. The van der Waals surface area contributed by atoms with Gasteiger partial charge in [-0.15, -0.1) is 0 Å². The Bertz CT molecular complexity index is 955. The summed E-state index contributed by atoms with van der Waals surface area (Å²) in [6, 6.07) is 5.66. The Balaban J connectivity index is 1.25. The number of hydrogen-bond acceptors (Lipinski definition) is 4. The van der Waals surface area contributed by atoms with Crippen LogP contribution < -0.4 is 16.0 Å². The Morgan fingerprint density at radius 3 is 2.58 bits per heavy atom. The molecule has 0 spiro atoms. The maximum absolute atomic E-state index is 12.8. The van der Waals surface area contributed by atoms with Crippen molar-refractivity contribution in [1.82, 2.24) is 25.3 Å². The van der Waals surface area contributed by atoms with Gasteiger partial charge in [0.25, 0.3) is 5.91 Å². The van der Waals surface area contributed by atoms with Crippen LogP contribution in [0.1, 0.15) is 68.8 Å². The van der Waals surface area contributed by atoms with Crippen LogP contribution >= 0.6 is 0 Å². The summed E-state index contributed by atoms with van der Waals surface area (Å²) in [7, 11) is 0. The van der Waals surface area contributed by atoms with Crippen molar-refractivity contribution in [3.8, 4) is 0 Å². The third kappa shape index (κ3) is 4.73. The number of pyridine rings is 1. The van der Waals surface area contributed by atoms with Gasteiger partial charge in [0.15, 0.2) is 0 Å². The van der Waals surface area contributed by atoms with Gasteiger partial charge in [-0.25, -0.2) is 4.98 Å². The van der Waals surface area contributed by atoms with Crippen LogP contribution in [0.25, 0.3) is 5.65 Å². The number of fused-ring (bicyclic) bond motifs is 1. The largest absolute Gasteiger partial charge is 0.354 e. The average molecular weight is 426 g/mol. The van der Waals surface area contributed by atoms with E-state index in [0.29, 0.717) is 31.0 Å². The van der Waals surface area contributed by atoms with Gasteiger partial charge in [0.1, 0.15) is 16.9 Å². The van der Waals surface area contributed by atoms with Crippen molar-refractivity contribution < 1.29 is 14.4 Å². The van der Waals surface area contributed by atoms with Gasteiger partial charge in [-0.05, 0) is 56.6 Å². The van der Waals surface area contributed by atoms with E-state index in [1.807, 2.05) is 12.1 Å². The molecule has 31 heavy (non-hydrogen) atoms.